The van der Waals surface area contributed by atoms with E-state index in [2.05, 4.69) is 12.2 Å². The Labute approximate surface area is 102 Å². The van der Waals surface area contributed by atoms with Crippen molar-refractivity contribution in [2.45, 2.75) is 45.6 Å². The van der Waals surface area contributed by atoms with Gasteiger partial charge in [-0.3, -0.25) is 4.79 Å². The summed E-state index contributed by atoms with van der Waals surface area (Å²) >= 11 is 0. The Bertz CT molecular complexity index is 275. The predicted molar refractivity (Wildman–Crippen MR) is 64.8 cm³/mol. The van der Waals surface area contributed by atoms with Gasteiger partial charge in [-0.15, -0.1) is 0 Å². The zero-order chi connectivity index (χ0) is 12.8. The molecule has 1 unspecified atom stereocenters. The van der Waals surface area contributed by atoms with Gasteiger partial charge in [0, 0.05) is 25.0 Å². The molecule has 17 heavy (non-hydrogen) atoms. The van der Waals surface area contributed by atoms with E-state index in [1.165, 1.54) is 0 Å². The fraction of sp³-hybridized carbons (Fsp3) is 0.833. The van der Waals surface area contributed by atoms with Crippen molar-refractivity contribution in [2.24, 2.45) is 5.92 Å². The number of carboxylic acids is 1. The summed E-state index contributed by atoms with van der Waals surface area (Å²) in [6.45, 7) is 5.26. The van der Waals surface area contributed by atoms with E-state index in [-0.39, 0.29) is 24.4 Å². The molecule has 0 bridgehead atoms. The Hall–Kier alpha value is -1.26. The molecule has 1 atom stereocenters. The van der Waals surface area contributed by atoms with Gasteiger partial charge in [0.05, 0.1) is 6.42 Å². The first-order valence-corrected chi connectivity index (χ1v) is 6.30. The average molecular weight is 242 g/mol. The molecule has 5 heteroatoms. The minimum Gasteiger partial charge on any atom is -0.481 e. The van der Waals surface area contributed by atoms with Crippen molar-refractivity contribution in [2.75, 3.05) is 13.1 Å². The van der Waals surface area contributed by atoms with Gasteiger partial charge in [-0.1, -0.05) is 19.8 Å². The first-order valence-electron chi connectivity index (χ1n) is 6.30. The van der Waals surface area contributed by atoms with Gasteiger partial charge < -0.3 is 15.3 Å². The standard InChI is InChI=1S/C12H22N2O3/c1-3-4-5-9(2)13-12(17)14-7-10(8-14)6-11(15)16/h9-10H,3-8H2,1-2H3,(H,13,17)(H,15,16). The molecule has 2 amide bonds. The van der Waals surface area contributed by atoms with Crippen molar-refractivity contribution in [3.63, 3.8) is 0 Å². The van der Waals surface area contributed by atoms with E-state index < -0.39 is 5.97 Å². The molecule has 0 spiro atoms. The van der Waals surface area contributed by atoms with Crippen LogP contribution in [0.2, 0.25) is 0 Å². The Kier molecular flexibility index (Phi) is 5.25. The van der Waals surface area contributed by atoms with Crippen LogP contribution in [-0.4, -0.2) is 41.1 Å². The normalized spacial score (nSPS) is 17.4. The van der Waals surface area contributed by atoms with E-state index in [1.54, 1.807) is 4.90 Å². The number of amides is 2. The molecule has 0 radical (unpaired) electrons. The summed E-state index contributed by atoms with van der Waals surface area (Å²) in [6.07, 6.45) is 3.40. The number of unbranched alkanes of at least 4 members (excludes halogenated alkanes) is 1. The largest absolute Gasteiger partial charge is 0.481 e. The molecule has 0 aromatic rings. The molecule has 1 rings (SSSR count). The van der Waals surface area contributed by atoms with Crippen LogP contribution in [0.5, 0.6) is 0 Å². The van der Waals surface area contributed by atoms with Gasteiger partial charge in [-0.2, -0.15) is 0 Å². The molecule has 0 aliphatic carbocycles. The van der Waals surface area contributed by atoms with E-state index in [9.17, 15) is 9.59 Å². The third kappa shape index (κ3) is 4.63. The first-order chi connectivity index (χ1) is 8.02. The zero-order valence-corrected chi connectivity index (χ0v) is 10.6. The van der Waals surface area contributed by atoms with Crippen LogP contribution in [0, 0.1) is 5.92 Å². The maximum absolute atomic E-state index is 11.7. The zero-order valence-electron chi connectivity index (χ0n) is 10.6. The Morgan fingerprint density at radius 2 is 2.12 bits per heavy atom. The SMILES string of the molecule is CCCCC(C)NC(=O)N1CC(CC(=O)O)C1. The number of likely N-dealkylation sites (tertiary alicyclic amines) is 1. The number of hydrogen-bond donors (Lipinski definition) is 2. The van der Waals surface area contributed by atoms with Crippen LogP contribution in [0.25, 0.3) is 0 Å². The lowest BCUT2D eigenvalue weighted by Gasteiger charge is -2.39. The van der Waals surface area contributed by atoms with Gasteiger partial charge in [-0.25, -0.2) is 4.79 Å². The van der Waals surface area contributed by atoms with Crippen LogP contribution in [-0.2, 0) is 4.79 Å². The summed E-state index contributed by atoms with van der Waals surface area (Å²) < 4.78 is 0. The minimum absolute atomic E-state index is 0.0600. The van der Waals surface area contributed by atoms with Crippen LogP contribution in [0.15, 0.2) is 0 Å². The highest BCUT2D eigenvalue weighted by atomic mass is 16.4. The number of carbonyl (C=O) groups is 2. The third-order valence-electron chi connectivity index (χ3n) is 3.07. The monoisotopic (exact) mass is 242 g/mol. The lowest BCUT2D eigenvalue weighted by Crippen LogP contribution is -2.55. The highest BCUT2D eigenvalue weighted by molar-refractivity contribution is 5.76. The first kappa shape index (κ1) is 13.8. The fourth-order valence-corrected chi connectivity index (χ4v) is 2.00. The number of rotatable bonds is 6. The molecule has 1 saturated heterocycles. The topological polar surface area (TPSA) is 69.6 Å². The third-order valence-corrected chi connectivity index (χ3v) is 3.07. The van der Waals surface area contributed by atoms with Crippen molar-refractivity contribution in [1.29, 1.82) is 0 Å². The van der Waals surface area contributed by atoms with Crippen molar-refractivity contribution < 1.29 is 14.7 Å². The predicted octanol–water partition coefficient (Wildman–Crippen LogP) is 1.68. The molecular weight excluding hydrogens is 220 g/mol. The molecule has 1 fully saturated rings. The second kappa shape index (κ2) is 6.47. The molecule has 1 aliphatic heterocycles. The highest BCUT2D eigenvalue weighted by Crippen LogP contribution is 2.19. The van der Waals surface area contributed by atoms with E-state index in [0.29, 0.717) is 13.1 Å². The van der Waals surface area contributed by atoms with Crippen molar-refractivity contribution in [3.8, 4) is 0 Å². The summed E-state index contributed by atoms with van der Waals surface area (Å²) in [5.41, 5.74) is 0. The lowest BCUT2D eigenvalue weighted by atomic mass is 9.97. The number of carboxylic acid groups (broad SMARTS) is 1. The van der Waals surface area contributed by atoms with E-state index in [4.69, 9.17) is 5.11 Å². The number of nitrogens with one attached hydrogen (secondary N) is 1. The molecule has 0 saturated carbocycles. The molecular formula is C12H22N2O3. The van der Waals surface area contributed by atoms with Crippen LogP contribution in [0.3, 0.4) is 0 Å². The average Bonchev–Trinajstić information content (AvgIpc) is 2.19. The minimum atomic E-state index is -0.786. The van der Waals surface area contributed by atoms with E-state index >= 15 is 0 Å². The maximum Gasteiger partial charge on any atom is 0.317 e. The summed E-state index contributed by atoms with van der Waals surface area (Å²) in [7, 11) is 0. The molecule has 0 aromatic carbocycles. The summed E-state index contributed by atoms with van der Waals surface area (Å²) in [6, 6.07) is 0.135. The van der Waals surface area contributed by atoms with Crippen LogP contribution >= 0.6 is 0 Å². The number of aliphatic carboxylic acids is 1. The van der Waals surface area contributed by atoms with Gasteiger partial charge in [0.1, 0.15) is 0 Å². The molecule has 0 aromatic heterocycles. The Morgan fingerprint density at radius 1 is 1.47 bits per heavy atom. The second-order valence-corrected chi connectivity index (χ2v) is 4.86. The van der Waals surface area contributed by atoms with Gasteiger partial charge in [0.2, 0.25) is 0 Å². The Balaban J connectivity index is 2.16. The van der Waals surface area contributed by atoms with Crippen LogP contribution in [0.1, 0.15) is 39.5 Å². The van der Waals surface area contributed by atoms with Gasteiger partial charge in [-0.05, 0) is 13.3 Å². The van der Waals surface area contributed by atoms with Crippen LogP contribution < -0.4 is 5.32 Å². The van der Waals surface area contributed by atoms with Gasteiger partial charge >= 0.3 is 12.0 Å². The smallest absolute Gasteiger partial charge is 0.317 e. The molecule has 1 aliphatic rings. The van der Waals surface area contributed by atoms with Crippen molar-refractivity contribution in [1.82, 2.24) is 10.2 Å². The Morgan fingerprint density at radius 3 is 2.65 bits per heavy atom. The summed E-state index contributed by atoms with van der Waals surface area (Å²) in [5.74, 6) is -0.657. The summed E-state index contributed by atoms with van der Waals surface area (Å²) in [5, 5.41) is 11.5. The second-order valence-electron chi connectivity index (χ2n) is 4.86. The quantitative estimate of drug-likeness (QED) is 0.744. The highest BCUT2D eigenvalue weighted by Gasteiger charge is 2.32. The summed E-state index contributed by atoms with van der Waals surface area (Å²) in [4.78, 5) is 23.8. The van der Waals surface area contributed by atoms with Crippen LogP contribution in [0.4, 0.5) is 4.79 Å². The van der Waals surface area contributed by atoms with Gasteiger partial charge in [0.25, 0.3) is 0 Å². The van der Waals surface area contributed by atoms with Crippen molar-refractivity contribution >= 4 is 12.0 Å². The van der Waals surface area contributed by atoms with E-state index in [0.717, 1.165) is 19.3 Å². The number of hydrogen-bond acceptors (Lipinski definition) is 2. The maximum atomic E-state index is 11.7. The number of carbonyl (C=O) groups excluding carboxylic acids is 1. The van der Waals surface area contributed by atoms with Gasteiger partial charge in [0.15, 0.2) is 0 Å². The van der Waals surface area contributed by atoms with E-state index in [1.807, 2.05) is 6.92 Å². The molecule has 5 nitrogen and oxygen atoms in total. The fourth-order valence-electron chi connectivity index (χ4n) is 2.00. The van der Waals surface area contributed by atoms with Crippen molar-refractivity contribution in [3.05, 3.63) is 0 Å². The molecule has 2 N–H and O–H groups in total. The number of urea groups is 1. The molecule has 98 valence electrons. The molecule has 1 heterocycles. The number of nitrogens with zero attached hydrogens (tertiary/aromatic N) is 1. The lowest BCUT2D eigenvalue weighted by molar-refractivity contribution is -0.139.